The van der Waals surface area contributed by atoms with Crippen molar-refractivity contribution < 1.29 is 4.42 Å². The zero-order chi connectivity index (χ0) is 40.6. The molecule has 0 aliphatic heterocycles. The van der Waals surface area contributed by atoms with Crippen LogP contribution < -0.4 is 92.9 Å². The Labute approximate surface area is 348 Å². The molecule has 8 aromatic rings. The molecule has 0 unspecified atom stereocenters. The van der Waals surface area contributed by atoms with Crippen molar-refractivity contribution in [1.29, 1.82) is 0 Å². The van der Waals surface area contributed by atoms with Gasteiger partial charge in [0.25, 0.3) is 0 Å². The maximum absolute atomic E-state index is 6.57. The van der Waals surface area contributed by atoms with Crippen LogP contribution in [0.1, 0.15) is 0 Å². The highest BCUT2D eigenvalue weighted by atomic mass is 16.3. The van der Waals surface area contributed by atoms with E-state index in [1.165, 1.54) is 159 Å². The van der Waals surface area contributed by atoms with Crippen LogP contribution in [0.5, 0.6) is 0 Å². The topological polar surface area (TPSA) is 13.1 Å². The Morgan fingerprint density at radius 3 is 1.02 bits per heavy atom. The SMILES string of the molecule is Bc1c(B)c(B)c(-c2c(B)c(B)c(-c3c4c(B)c(B)c(B)c(B)c4c(-c4cccc5oc6ccccc6c45)c4c(B)c(B)c(B)c(B)c34)c(B)c2B)c(B)c1B. The van der Waals surface area contributed by atoms with Gasteiger partial charge in [0.1, 0.15) is 145 Å². The molecular formula is C38H41B17O. The minimum atomic E-state index is 0.932. The smallest absolute Gasteiger partial charge is 0.139 e. The first-order valence-electron chi connectivity index (χ1n) is 20.5. The second-order valence-electron chi connectivity index (χ2n) is 17.3. The number of fused-ring (bicyclic) bond motifs is 5. The second kappa shape index (κ2) is 13.5. The van der Waals surface area contributed by atoms with Crippen LogP contribution in [0.25, 0.3) is 76.9 Å². The van der Waals surface area contributed by atoms with Crippen LogP contribution in [0.2, 0.25) is 0 Å². The van der Waals surface area contributed by atoms with Crippen molar-refractivity contribution in [3.8, 4) is 33.4 Å². The molecule has 0 saturated carbocycles. The molecule has 56 heavy (non-hydrogen) atoms. The third-order valence-electron chi connectivity index (χ3n) is 15.2. The number of para-hydroxylation sites is 1. The lowest BCUT2D eigenvalue weighted by atomic mass is 9.55. The number of hydrogen-bond donors (Lipinski definition) is 0. The first-order chi connectivity index (χ1) is 26.4. The Morgan fingerprint density at radius 2 is 0.571 bits per heavy atom. The summed E-state index contributed by atoms with van der Waals surface area (Å²) in [4.78, 5) is 0. The molecular weight excluding hydrogens is 656 g/mol. The first kappa shape index (κ1) is 38.8. The zero-order valence-corrected chi connectivity index (χ0v) is 36.9. The average Bonchev–Trinajstić information content (AvgIpc) is 3.58. The van der Waals surface area contributed by atoms with E-state index in [-0.39, 0.29) is 0 Å². The van der Waals surface area contributed by atoms with Crippen LogP contribution in [0.3, 0.4) is 0 Å². The molecule has 0 spiro atoms. The number of hydrogen-bond acceptors (Lipinski definition) is 1. The highest BCUT2D eigenvalue weighted by molar-refractivity contribution is 6.74. The standard InChI is InChI=1S/C38H41B17O/c39-22-15-13(9-5-3-7-11-12(9)8-4-1-2-6-10(8)56-11)16-18(25(42)35(52)33(50)23(16)40)14(17(15)24(41)34(51)32(22)49)19-26(43)28(45)20(29(46)27(19)44)21-30(47)36(53)38(55)37(54)31(21)48/h1-7H,39-55H2. The van der Waals surface area contributed by atoms with Crippen molar-refractivity contribution in [2.75, 3.05) is 0 Å². The van der Waals surface area contributed by atoms with E-state index in [0.717, 1.165) is 11.2 Å². The summed E-state index contributed by atoms with van der Waals surface area (Å²) in [5.74, 6) is 0. The van der Waals surface area contributed by atoms with E-state index in [2.05, 4.69) is 176 Å². The number of furan rings is 1. The predicted molar refractivity (Wildman–Crippen MR) is 304 cm³/mol. The Hall–Kier alpha value is -4.04. The summed E-state index contributed by atoms with van der Waals surface area (Å²) in [7, 11) is 39.9. The fourth-order valence-corrected chi connectivity index (χ4v) is 10.6. The van der Waals surface area contributed by atoms with Gasteiger partial charge >= 0.3 is 0 Å². The van der Waals surface area contributed by atoms with Gasteiger partial charge in [0.2, 0.25) is 0 Å². The molecule has 1 nitrogen and oxygen atoms in total. The van der Waals surface area contributed by atoms with Gasteiger partial charge in [-0.1, -0.05) is 85.0 Å². The Kier molecular flexibility index (Phi) is 9.38. The van der Waals surface area contributed by atoms with E-state index in [1.807, 2.05) is 0 Å². The number of rotatable bonds is 3. The van der Waals surface area contributed by atoms with Gasteiger partial charge in [-0.25, -0.2) is 0 Å². The highest BCUT2D eigenvalue weighted by Gasteiger charge is 2.29. The van der Waals surface area contributed by atoms with Crippen LogP contribution in [0.15, 0.2) is 46.9 Å². The van der Waals surface area contributed by atoms with Gasteiger partial charge in [0.15, 0.2) is 0 Å². The lowest BCUT2D eigenvalue weighted by Crippen LogP contribution is -2.57. The summed E-state index contributed by atoms with van der Waals surface area (Å²) in [6, 6.07) is 15.2. The van der Waals surface area contributed by atoms with E-state index >= 15 is 0 Å². The van der Waals surface area contributed by atoms with Gasteiger partial charge in [-0.3, -0.25) is 0 Å². The molecule has 18 heteroatoms. The van der Waals surface area contributed by atoms with Crippen molar-refractivity contribution in [3.63, 3.8) is 0 Å². The van der Waals surface area contributed by atoms with Crippen molar-refractivity contribution in [1.82, 2.24) is 0 Å². The van der Waals surface area contributed by atoms with Crippen molar-refractivity contribution in [2.45, 2.75) is 0 Å². The largest absolute Gasteiger partial charge is 0.456 e. The maximum atomic E-state index is 6.57. The second-order valence-corrected chi connectivity index (χ2v) is 17.3. The number of benzene rings is 7. The van der Waals surface area contributed by atoms with Crippen molar-refractivity contribution in [2.24, 2.45) is 0 Å². The molecule has 7 aromatic carbocycles. The summed E-state index contributed by atoms with van der Waals surface area (Å²) in [6.07, 6.45) is 0. The van der Waals surface area contributed by atoms with Gasteiger partial charge in [0, 0.05) is 10.8 Å². The van der Waals surface area contributed by atoms with Crippen LogP contribution in [-0.4, -0.2) is 133 Å². The fraction of sp³-hybridized carbons (Fsp3) is 0. The Balaban J connectivity index is 1.67. The molecule has 0 atom stereocenters. The lowest BCUT2D eigenvalue weighted by molar-refractivity contribution is 0.669. The molecule has 0 fully saturated rings. The molecule has 0 saturated heterocycles. The quantitative estimate of drug-likeness (QED) is 0.132. The van der Waals surface area contributed by atoms with Gasteiger partial charge in [-0.2, -0.15) is 0 Å². The van der Waals surface area contributed by atoms with Crippen LogP contribution in [0, 0.1) is 0 Å². The average molecular weight is 698 g/mol. The Morgan fingerprint density at radius 1 is 0.250 bits per heavy atom. The molecule has 0 N–H and O–H groups in total. The van der Waals surface area contributed by atoms with Gasteiger partial charge in [-0.15, -0.1) is 38.2 Å². The molecule has 0 aliphatic rings. The molecule has 250 valence electrons. The maximum Gasteiger partial charge on any atom is 0.139 e. The Bertz CT molecular complexity index is 2970. The third-order valence-corrected chi connectivity index (χ3v) is 15.2. The van der Waals surface area contributed by atoms with E-state index in [9.17, 15) is 0 Å². The van der Waals surface area contributed by atoms with Gasteiger partial charge in [-0.05, 0) is 67.1 Å². The van der Waals surface area contributed by atoms with Gasteiger partial charge in [0.05, 0.1) is 0 Å². The lowest BCUT2D eigenvalue weighted by Gasteiger charge is -2.31. The van der Waals surface area contributed by atoms with Gasteiger partial charge < -0.3 is 4.42 Å². The van der Waals surface area contributed by atoms with E-state index in [4.69, 9.17) is 4.42 Å². The van der Waals surface area contributed by atoms with E-state index < -0.39 is 0 Å². The van der Waals surface area contributed by atoms with Crippen LogP contribution >= 0.6 is 0 Å². The van der Waals surface area contributed by atoms with Crippen molar-refractivity contribution in [3.05, 3.63) is 42.5 Å². The summed E-state index contributed by atoms with van der Waals surface area (Å²) in [5.41, 5.74) is 33.6. The fourth-order valence-electron chi connectivity index (χ4n) is 10.6. The molecule has 0 radical (unpaired) electrons. The van der Waals surface area contributed by atoms with Crippen LogP contribution in [0.4, 0.5) is 0 Å². The zero-order valence-electron chi connectivity index (χ0n) is 36.9. The molecule has 1 heterocycles. The highest BCUT2D eigenvalue weighted by Crippen LogP contribution is 2.44. The molecule has 0 amide bonds. The minimum Gasteiger partial charge on any atom is -0.456 e. The van der Waals surface area contributed by atoms with E-state index in [0.29, 0.717) is 0 Å². The third kappa shape index (κ3) is 5.12. The monoisotopic (exact) mass is 700 g/mol. The molecule has 0 aliphatic carbocycles. The molecule has 1 aromatic heterocycles. The molecule has 0 bridgehead atoms. The van der Waals surface area contributed by atoms with Crippen LogP contribution in [-0.2, 0) is 0 Å². The summed E-state index contributed by atoms with van der Waals surface area (Å²) >= 11 is 0. The summed E-state index contributed by atoms with van der Waals surface area (Å²) in [6.45, 7) is 0. The molecule has 8 rings (SSSR count). The minimum absolute atomic E-state index is 0.932. The normalized spacial score (nSPS) is 11.7. The predicted octanol–water partition coefficient (Wildman–Crippen LogP) is -18.7. The van der Waals surface area contributed by atoms with E-state index in [1.54, 1.807) is 0 Å². The summed E-state index contributed by atoms with van der Waals surface area (Å²) < 4.78 is 6.57. The summed E-state index contributed by atoms with van der Waals surface area (Å²) in [5, 5.41) is 7.87. The van der Waals surface area contributed by atoms with Crippen molar-refractivity contribution >= 4 is 270 Å². The first-order valence-corrected chi connectivity index (χ1v) is 20.5.